The van der Waals surface area contributed by atoms with Gasteiger partial charge >= 0.3 is 0 Å². The number of amides is 2. The Morgan fingerprint density at radius 3 is 1.40 bits per heavy atom. The number of nitrogens with zero attached hydrogens (tertiary/aromatic N) is 2. The SMILES string of the molecule is C[C@@H](NC(=O)c1ccc(COc2cccc(F)c2)nc1)C1CCCCC1.C[C@@H](NC(=O)c1ccc(COc2cccc(F)c2)nc1)C1CCCCC1.[HH].[HH]. The van der Waals surface area contributed by atoms with E-state index in [4.69, 9.17) is 9.47 Å². The summed E-state index contributed by atoms with van der Waals surface area (Å²) in [6.45, 7) is 4.62. The summed E-state index contributed by atoms with van der Waals surface area (Å²) < 4.78 is 37.3. The topological polar surface area (TPSA) is 102 Å². The van der Waals surface area contributed by atoms with Gasteiger partial charge in [-0.1, -0.05) is 50.7 Å². The van der Waals surface area contributed by atoms with E-state index >= 15 is 0 Å². The van der Waals surface area contributed by atoms with Crippen LogP contribution in [-0.4, -0.2) is 33.9 Å². The van der Waals surface area contributed by atoms with Crippen LogP contribution in [0.15, 0.2) is 85.2 Å². The van der Waals surface area contributed by atoms with Crippen LogP contribution in [0.1, 0.15) is 113 Å². The zero-order chi connectivity index (χ0) is 36.7. The normalized spacial score (nSPS) is 16.1. The number of nitrogens with one attached hydrogen (secondary N) is 2. The molecule has 2 aliphatic carbocycles. The van der Waals surface area contributed by atoms with Crippen LogP contribution in [0.3, 0.4) is 0 Å². The van der Waals surface area contributed by atoms with Crippen molar-refractivity contribution in [2.24, 2.45) is 11.8 Å². The molecule has 0 aliphatic heterocycles. The Kier molecular flexibility index (Phi) is 14.5. The highest BCUT2D eigenvalue weighted by Gasteiger charge is 2.23. The Morgan fingerprint density at radius 2 is 1.06 bits per heavy atom. The van der Waals surface area contributed by atoms with Gasteiger partial charge in [0.05, 0.1) is 22.5 Å². The summed E-state index contributed by atoms with van der Waals surface area (Å²) >= 11 is 0. The average Bonchev–Trinajstić information content (AvgIpc) is 3.17. The molecule has 2 aromatic heterocycles. The lowest BCUT2D eigenvalue weighted by Gasteiger charge is -2.28. The maximum absolute atomic E-state index is 13.1. The molecule has 2 fully saturated rings. The van der Waals surface area contributed by atoms with E-state index in [0.29, 0.717) is 45.8 Å². The summed E-state index contributed by atoms with van der Waals surface area (Å²) in [6.07, 6.45) is 15.5. The molecule has 10 heteroatoms. The molecule has 2 atom stereocenters. The van der Waals surface area contributed by atoms with E-state index in [9.17, 15) is 18.4 Å². The summed E-state index contributed by atoms with van der Waals surface area (Å²) in [4.78, 5) is 33.4. The lowest BCUT2D eigenvalue weighted by Crippen LogP contribution is -2.38. The summed E-state index contributed by atoms with van der Waals surface area (Å²) in [5, 5.41) is 6.20. The maximum atomic E-state index is 13.1. The van der Waals surface area contributed by atoms with Gasteiger partial charge in [0, 0.05) is 39.5 Å². The summed E-state index contributed by atoms with van der Waals surface area (Å²) in [6, 6.07) is 19.4. The van der Waals surface area contributed by atoms with E-state index in [1.54, 1.807) is 60.9 Å². The minimum absolute atomic E-state index is 0. The van der Waals surface area contributed by atoms with Crippen molar-refractivity contribution in [1.29, 1.82) is 0 Å². The molecule has 0 unspecified atom stereocenters. The van der Waals surface area contributed by atoms with Crippen molar-refractivity contribution in [3.63, 3.8) is 0 Å². The molecule has 2 N–H and O–H groups in total. The van der Waals surface area contributed by atoms with Gasteiger partial charge in [-0.25, -0.2) is 8.78 Å². The molecule has 6 rings (SSSR count). The van der Waals surface area contributed by atoms with Crippen LogP contribution in [0.25, 0.3) is 0 Å². The molecule has 2 amide bonds. The number of rotatable bonds is 12. The van der Waals surface area contributed by atoms with Gasteiger partial charge in [0.25, 0.3) is 11.8 Å². The van der Waals surface area contributed by atoms with E-state index < -0.39 is 0 Å². The number of pyridine rings is 2. The van der Waals surface area contributed by atoms with Crippen LogP contribution >= 0.6 is 0 Å². The van der Waals surface area contributed by atoms with Crippen molar-refractivity contribution >= 4 is 11.8 Å². The molecule has 2 heterocycles. The largest absolute Gasteiger partial charge is 0.487 e. The van der Waals surface area contributed by atoms with Gasteiger partial charge in [0.1, 0.15) is 36.3 Å². The monoisotopic (exact) mass is 716 g/mol. The van der Waals surface area contributed by atoms with Gasteiger partial charge in [-0.3, -0.25) is 19.6 Å². The number of hydrogen-bond donors (Lipinski definition) is 2. The van der Waals surface area contributed by atoms with Crippen molar-refractivity contribution in [3.05, 3.63) is 119 Å². The number of carbonyl (C=O) groups excluding carboxylic acids is 2. The number of aromatic nitrogens is 2. The van der Waals surface area contributed by atoms with E-state index in [1.807, 2.05) is 0 Å². The second kappa shape index (κ2) is 19.7. The Morgan fingerprint density at radius 1 is 0.654 bits per heavy atom. The van der Waals surface area contributed by atoms with Crippen LogP contribution in [-0.2, 0) is 13.2 Å². The fourth-order valence-electron chi connectivity index (χ4n) is 6.80. The Bertz CT molecular complexity index is 1590. The average molecular weight is 717 g/mol. The fourth-order valence-corrected chi connectivity index (χ4v) is 6.80. The molecule has 8 nitrogen and oxygen atoms in total. The lowest BCUT2D eigenvalue weighted by atomic mass is 9.84. The molecule has 4 aromatic rings. The van der Waals surface area contributed by atoms with Gasteiger partial charge in [-0.05, 0) is 99.9 Å². The molecule has 2 aliphatic rings. The highest BCUT2D eigenvalue weighted by Crippen LogP contribution is 2.27. The third-order valence-electron chi connectivity index (χ3n) is 9.97. The Balaban J connectivity index is 0.000000280. The third kappa shape index (κ3) is 12.1. The van der Waals surface area contributed by atoms with E-state index in [0.717, 1.165) is 0 Å². The smallest absolute Gasteiger partial charge is 0.253 e. The van der Waals surface area contributed by atoms with E-state index in [2.05, 4.69) is 34.4 Å². The van der Waals surface area contributed by atoms with Crippen molar-refractivity contribution in [2.75, 3.05) is 0 Å². The van der Waals surface area contributed by atoms with E-state index in [-0.39, 0.29) is 51.6 Å². The zero-order valence-corrected chi connectivity index (χ0v) is 30.2. The second-order valence-corrected chi connectivity index (χ2v) is 13.9. The second-order valence-electron chi connectivity index (χ2n) is 13.9. The van der Waals surface area contributed by atoms with Gasteiger partial charge in [0.15, 0.2) is 0 Å². The molecule has 2 saturated carbocycles. The molecule has 0 spiro atoms. The summed E-state index contributed by atoms with van der Waals surface area (Å²) in [5.41, 5.74) is 2.46. The predicted octanol–water partition coefficient (Wildman–Crippen LogP) is 9.49. The maximum Gasteiger partial charge on any atom is 0.253 e. The van der Waals surface area contributed by atoms with Gasteiger partial charge in [-0.2, -0.15) is 0 Å². The number of ether oxygens (including phenoxy) is 2. The highest BCUT2D eigenvalue weighted by molar-refractivity contribution is 5.94. The standard InChI is InChI=1S/2C21H25FN2O2.2H2/c2*1-15(16-6-3-2-4-7-16)24-21(25)17-10-11-19(23-13-17)14-26-20-9-5-8-18(22)12-20;;/h2*5,8-13,15-16H,2-4,6-7,14H2,1H3,(H,24,25);2*1H/t2*15-;;/m11../s1. The minimum Gasteiger partial charge on any atom is -0.487 e. The fraction of sp³-hybridized carbons (Fsp3) is 0.429. The molecule has 0 saturated heterocycles. The molecular formula is C42H54F2N4O4. The minimum atomic E-state index is -0.338. The van der Waals surface area contributed by atoms with Crippen LogP contribution in [0.4, 0.5) is 8.78 Å². The van der Waals surface area contributed by atoms with Crippen LogP contribution in [0, 0.1) is 23.5 Å². The van der Waals surface area contributed by atoms with Crippen LogP contribution in [0.5, 0.6) is 11.5 Å². The van der Waals surface area contributed by atoms with Gasteiger partial charge < -0.3 is 20.1 Å². The van der Waals surface area contributed by atoms with Crippen molar-refractivity contribution < 1.29 is 30.7 Å². The quantitative estimate of drug-likeness (QED) is 0.152. The molecule has 52 heavy (non-hydrogen) atoms. The number of benzene rings is 2. The molecule has 0 bridgehead atoms. The summed E-state index contributed by atoms with van der Waals surface area (Å²) in [5.74, 6) is 1.19. The first-order valence-electron chi connectivity index (χ1n) is 18.5. The van der Waals surface area contributed by atoms with Gasteiger partial charge in [-0.15, -0.1) is 0 Å². The lowest BCUT2D eigenvalue weighted by molar-refractivity contribution is 0.0910. The number of carbonyl (C=O) groups is 2. The molecule has 2 aromatic carbocycles. The first-order valence-corrected chi connectivity index (χ1v) is 18.5. The first kappa shape index (κ1) is 38.4. The predicted molar refractivity (Wildman–Crippen MR) is 201 cm³/mol. The number of hydrogen-bond acceptors (Lipinski definition) is 6. The van der Waals surface area contributed by atoms with Crippen LogP contribution < -0.4 is 20.1 Å². The van der Waals surface area contributed by atoms with Gasteiger partial charge in [0.2, 0.25) is 0 Å². The third-order valence-corrected chi connectivity index (χ3v) is 9.97. The van der Waals surface area contributed by atoms with Crippen molar-refractivity contribution in [3.8, 4) is 11.5 Å². The first-order chi connectivity index (χ1) is 25.2. The zero-order valence-electron chi connectivity index (χ0n) is 30.2. The van der Waals surface area contributed by atoms with Crippen molar-refractivity contribution in [1.82, 2.24) is 20.6 Å². The van der Waals surface area contributed by atoms with Crippen LogP contribution in [0.2, 0.25) is 0 Å². The molecule has 0 radical (unpaired) electrons. The number of halogens is 2. The highest BCUT2D eigenvalue weighted by atomic mass is 19.1. The Hall–Kier alpha value is -4.86. The molecular weight excluding hydrogens is 662 g/mol. The molecule has 280 valence electrons. The van der Waals surface area contributed by atoms with E-state index in [1.165, 1.54) is 88.5 Å². The van der Waals surface area contributed by atoms with Crippen molar-refractivity contribution in [2.45, 2.75) is 103 Å². The summed E-state index contributed by atoms with van der Waals surface area (Å²) in [7, 11) is 0. The Labute approximate surface area is 308 Å².